The molecule has 0 fully saturated rings. The zero-order chi connectivity index (χ0) is 21.2. The lowest BCUT2D eigenvalue weighted by atomic mass is 10.1. The molecule has 0 radical (unpaired) electrons. The van der Waals surface area contributed by atoms with Gasteiger partial charge in [0.2, 0.25) is 0 Å². The first kappa shape index (κ1) is 18.8. The van der Waals surface area contributed by atoms with Gasteiger partial charge in [0.25, 0.3) is 11.8 Å². The molecule has 0 aliphatic heterocycles. The number of anilines is 2. The topological polar surface area (TPSA) is 88.6 Å². The van der Waals surface area contributed by atoms with Gasteiger partial charge in [-0.05, 0) is 48.5 Å². The lowest BCUT2D eigenvalue weighted by molar-refractivity contribution is 0.0995. The summed E-state index contributed by atoms with van der Waals surface area (Å²) < 4.78 is 7.05. The van der Waals surface area contributed by atoms with E-state index in [2.05, 4.69) is 15.6 Å². The Morgan fingerprint density at radius 3 is 2.29 bits per heavy atom. The second-order valence-corrected chi connectivity index (χ2v) is 7.63. The minimum atomic E-state index is -0.347. The van der Waals surface area contributed by atoms with Crippen LogP contribution in [0.4, 0.5) is 11.4 Å². The average molecular weight is 428 g/mol. The SMILES string of the molecule is O=C(Nc1ccc(-c2cn3ccsc3n2)cc1)c1ccc(NC(=O)c2ccco2)cc1. The molecule has 152 valence electrons. The number of rotatable bonds is 5. The highest BCUT2D eigenvalue weighted by molar-refractivity contribution is 7.15. The van der Waals surface area contributed by atoms with Crippen molar-refractivity contribution in [2.45, 2.75) is 0 Å². The van der Waals surface area contributed by atoms with Gasteiger partial charge in [-0.1, -0.05) is 12.1 Å². The number of thiazole rings is 1. The number of carbonyl (C=O) groups is 2. The van der Waals surface area contributed by atoms with Gasteiger partial charge in [-0.15, -0.1) is 11.3 Å². The van der Waals surface area contributed by atoms with E-state index in [1.165, 1.54) is 6.26 Å². The number of imidazole rings is 1. The van der Waals surface area contributed by atoms with Gasteiger partial charge in [-0.2, -0.15) is 0 Å². The van der Waals surface area contributed by atoms with Crippen LogP contribution in [0.3, 0.4) is 0 Å². The van der Waals surface area contributed by atoms with Crippen LogP contribution < -0.4 is 10.6 Å². The Labute approximate surface area is 181 Å². The maximum Gasteiger partial charge on any atom is 0.291 e. The molecular weight excluding hydrogens is 412 g/mol. The number of carbonyl (C=O) groups excluding carboxylic acids is 2. The fraction of sp³-hybridized carbons (Fsp3) is 0. The summed E-state index contributed by atoms with van der Waals surface area (Å²) >= 11 is 1.58. The number of fused-ring (bicyclic) bond motifs is 1. The summed E-state index contributed by atoms with van der Waals surface area (Å²) in [6.07, 6.45) is 5.39. The predicted octanol–water partition coefficient (Wildman–Crippen LogP) is 5.16. The van der Waals surface area contributed by atoms with Gasteiger partial charge in [-0.3, -0.25) is 14.0 Å². The predicted molar refractivity (Wildman–Crippen MR) is 120 cm³/mol. The van der Waals surface area contributed by atoms with Crippen molar-refractivity contribution < 1.29 is 14.0 Å². The molecule has 2 aromatic carbocycles. The molecule has 5 aromatic rings. The first-order chi connectivity index (χ1) is 15.2. The smallest absolute Gasteiger partial charge is 0.291 e. The highest BCUT2D eigenvalue weighted by Gasteiger charge is 2.11. The van der Waals surface area contributed by atoms with E-state index in [0.29, 0.717) is 16.9 Å². The number of benzene rings is 2. The minimum Gasteiger partial charge on any atom is -0.459 e. The third-order valence-corrected chi connectivity index (χ3v) is 5.45. The lowest BCUT2D eigenvalue weighted by Gasteiger charge is -2.07. The van der Waals surface area contributed by atoms with Crippen LogP contribution in [-0.4, -0.2) is 21.2 Å². The Kier molecular flexibility index (Phi) is 4.81. The Balaban J connectivity index is 1.23. The van der Waals surface area contributed by atoms with Crippen LogP contribution in [0.5, 0.6) is 0 Å². The van der Waals surface area contributed by atoms with Crippen molar-refractivity contribution in [2.75, 3.05) is 10.6 Å². The molecule has 0 saturated carbocycles. The molecule has 7 nitrogen and oxygen atoms in total. The molecule has 2 N–H and O–H groups in total. The number of nitrogens with one attached hydrogen (secondary N) is 2. The van der Waals surface area contributed by atoms with Crippen LogP contribution in [0, 0.1) is 0 Å². The highest BCUT2D eigenvalue weighted by atomic mass is 32.1. The second-order valence-electron chi connectivity index (χ2n) is 6.76. The van der Waals surface area contributed by atoms with Crippen LogP contribution >= 0.6 is 11.3 Å². The first-order valence-electron chi connectivity index (χ1n) is 9.45. The van der Waals surface area contributed by atoms with Crippen molar-refractivity contribution in [2.24, 2.45) is 0 Å². The van der Waals surface area contributed by atoms with Crippen molar-refractivity contribution >= 4 is 39.5 Å². The summed E-state index contributed by atoms with van der Waals surface area (Å²) in [5, 5.41) is 7.58. The highest BCUT2D eigenvalue weighted by Crippen LogP contribution is 2.23. The third-order valence-electron chi connectivity index (χ3n) is 4.68. The van der Waals surface area contributed by atoms with Crippen LogP contribution in [0.15, 0.2) is 89.1 Å². The zero-order valence-corrected chi connectivity index (χ0v) is 16.9. The van der Waals surface area contributed by atoms with Crippen LogP contribution in [-0.2, 0) is 0 Å². The molecule has 3 heterocycles. The molecule has 2 amide bonds. The standard InChI is InChI=1S/C23H16N4O3S/c28-21(16-5-9-18(10-6-16)25-22(29)20-2-1-12-30-20)24-17-7-3-15(4-8-17)19-14-27-11-13-31-23(27)26-19/h1-14H,(H,24,28)(H,25,29). The maximum absolute atomic E-state index is 12.5. The van der Waals surface area contributed by atoms with Gasteiger partial charge in [0, 0.05) is 40.3 Å². The van der Waals surface area contributed by atoms with Gasteiger partial charge in [0.1, 0.15) is 0 Å². The van der Waals surface area contributed by atoms with Crippen molar-refractivity contribution in [1.82, 2.24) is 9.38 Å². The zero-order valence-electron chi connectivity index (χ0n) is 16.1. The molecule has 0 spiro atoms. The fourth-order valence-corrected chi connectivity index (χ4v) is 3.80. The summed E-state index contributed by atoms with van der Waals surface area (Å²) in [6.45, 7) is 0. The van der Waals surface area contributed by atoms with Crippen LogP contribution in [0.25, 0.3) is 16.2 Å². The number of hydrogen-bond acceptors (Lipinski definition) is 5. The Hall–Kier alpha value is -4.17. The van der Waals surface area contributed by atoms with Crippen molar-refractivity contribution in [3.8, 4) is 11.3 Å². The summed E-state index contributed by atoms with van der Waals surface area (Å²) in [4.78, 5) is 30.1. The third kappa shape index (κ3) is 3.96. The van der Waals surface area contributed by atoms with Gasteiger partial charge >= 0.3 is 0 Å². The van der Waals surface area contributed by atoms with Gasteiger partial charge < -0.3 is 15.1 Å². The van der Waals surface area contributed by atoms with E-state index in [0.717, 1.165) is 16.2 Å². The fourth-order valence-electron chi connectivity index (χ4n) is 3.10. The quantitative estimate of drug-likeness (QED) is 0.405. The van der Waals surface area contributed by atoms with Crippen LogP contribution in [0.1, 0.15) is 20.9 Å². The van der Waals surface area contributed by atoms with E-state index in [1.54, 1.807) is 47.7 Å². The number of aromatic nitrogens is 2. The van der Waals surface area contributed by atoms with Gasteiger partial charge in [0.05, 0.1) is 12.0 Å². The van der Waals surface area contributed by atoms with Gasteiger partial charge in [0.15, 0.2) is 10.7 Å². The van der Waals surface area contributed by atoms with E-state index < -0.39 is 0 Å². The molecule has 31 heavy (non-hydrogen) atoms. The van der Waals surface area contributed by atoms with Crippen LogP contribution in [0.2, 0.25) is 0 Å². The molecule has 0 bridgehead atoms. The molecule has 0 saturated heterocycles. The summed E-state index contributed by atoms with van der Waals surface area (Å²) in [5.41, 5.74) is 3.60. The molecular formula is C23H16N4O3S. The van der Waals surface area contributed by atoms with E-state index in [-0.39, 0.29) is 17.6 Å². The molecule has 5 rings (SSSR count). The lowest BCUT2D eigenvalue weighted by Crippen LogP contribution is -2.13. The number of nitrogens with zero attached hydrogens (tertiary/aromatic N) is 2. The second kappa shape index (κ2) is 7.92. The molecule has 0 atom stereocenters. The Morgan fingerprint density at radius 2 is 1.61 bits per heavy atom. The van der Waals surface area contributed by atoms with E-state index >= 15 is 0 Å². The number of amides is 2. The molecule has 8 heteroatoms. The van der Waals surface area contributed by atoms with E-state index in [1.807, 2.05) is 46.4 Å². The normalized spacial score (nSPS) is 10.8. The Morgan fingerprint density at radius 1 is 0.903 bits per heavy atom. The van der Waals surface area contributed by atoms with Crippen molar-refractivity contribution in [1.29, 1.82) is 0 Å². The summed E-state index contributed by atoms with van der Waals surface area (Å²) in [7, 11) is 0. The molecule has 0 unspecified atom stereocenters. The number of furan rings is 1. The monoisotopic (exact) mass is 428 g/mol. The maximum atomic E-state index is 12.5. The number of hydrogen-bond donors (Lipinski definition) is 2. The summed E-state index contributed by atoms with van der Waals surface area (Å²) in [6, 6.07) is 17.4. The minimum absolute atomic E-state index is 0.223. The van der Waals surface area contributed by atoms with Gasteiger partial charge in [-0.25, -0.2) is 4.98 Å². The molecule has 3 aromatic heterocycles. The first-order valence-corrected chi connectivity index (χ1v) is 10.3. The average Bonchev–Trinajstić information content (AvgIpc) is 3.52. The Bertz CT molecular complexity index is 1320. The largest absolute Gasteiger partial charge is 0.459 e. The van der Waals surface area contributed by atoms with Crippen molar-refractivity contribution in [3.63, 3.8) is 0 Å². The van der Waals surface area contributed by atoms with E-state index in [9.17, 15) is 9.59 Å². The summed E-state index contributed by atoms with van der Waals surface area (Å²) in [5.74, 6) is -0.361. The molecule has 0 aliphatic rings. The van der Waals surface area contributed by atoms with Crippen molar-refractivity contribution in [3.05, 3.63) is 96.0 Å². The van der Waals surface area contributed by atoms with E-state index in [4.69, 9.17) is 4.42 Å². The molecule has 0 aliphatic carbocycles.